The fraction of sp³-hybridized carbons (Fsp3) is 0.267. The van der Waals surface area contributed by atoms with Crippen LogP contribution in [-0.4, -0.2) is 11.5 Å². The summed E-state index contributed by atoms with van der Waals surface area (Å²) in [4.78, 5) is 4.25. The number of pyridine rings is 1. The topological polar surface area (TPSA) is 24.9 Å². The van der Waals surface area contributed by atoms with Crippen molar-refractivity contribution in [1.82, 2.24) is 10.3 Å². The number of benzene rings is 1. The van der Waals surface area contributed by atoms with Gasteiger partial charge in [0.1, 0.15) is 0 Å². The number of aromatic nitrogens is 1. The Morgan fingerprint density at radius 1 is 1.33 bits per heavy atom. The number of rotatable bonds is 4. The van der Waals surface area contributed by atoms with Gasteiger partial charge in [0, 0.05) is 16.0 Å². The SMILES string of the molecule is CCNC(c1cccc(I)c1)c1cnccc1C. The van der Waals surface area contributed by atoms with Crippen LogP contribution in [-0.2, 0) is 0 Å². The summed E-state index contributed by atoms with van der Waals surface area (Å²) >= 11 is 2.35. The Kier molecular flexibility index (Phi) is 4.72. The molecule has 1 unspecified atom stereocenters. The summed E-state index contributed by atoms with van der Waals surface area (Å²) in [6, 6.07) is 10.9. The van der Waals surface area contributed by atoms with Crippen LogP contribution >= 0.6 is 22.6 Å². The zero-order chi connectivity index (χ0) is 13.0. The van der Waals surface area contributed by atoms with Crippen LogP contribution in [0.25, 0.3) is 0 Å². The van der Waals surface area contributed by atoms with E-state index >= 15 is 0 Å². The molecule has 0 fully saturated rings. The number of aryl methyl sites for hydroxylation is 1. The first kappa shape index (κ1) is 13.5. The van der Waals surface area contributed by atoms with Gasteiger partial charge < -0.3 is 5.32 Å². The van der Waals surface area contributed by atoms with Crippen molar-refractivity contribution >= 4 is 22.6 Å². The van der Waals surface area contributed by atoms with E-state index in [4.69, 9.17) is 0 Å². The van der Waals surface area contributed by atoms with Crippen molar-refractivity contribution in [3.63, 3.8) is 0 Å². The minimum atomic E-state index is 0.221. The molecule has 18 heavy (non-hydrogen) atoms. The molecule has 0 saturated carbocycles. The third-order valence-corrected chi connectivity index (χ3v) is 3.65. The van der Waals surface area contributed by atoms with Crippen LogP contribution in [0.5, 0.6) is 0 Å². The highest BCUT2D eigenvalue weighted by Crippen LogP contribution is 2.25. The van der Waals surface area contributed by atoms with E-state index in [0.717, 1.165) is 6.54 Å². The molecule has 1 atom stereocenters. The van der Waals surface area contributed by atoms with Gasteiger partial charge in [-0.2, -0.15) is 0 Å². The molecule has 0 amide bonds. The molecule has 0 radical (unpaired) electrons. The maximum absolute atomic E-state index is 4.25. The van der Waals surface area contributed by atoms with E-state index in [2.05, 4.69) is 77.1 Å². The zero-order valence-corrected chi connectivity index (χ0v) is 12.8. The standard InChI is InChI=1S/C15H17IN2/c1-3-18-15(12-5-4-6-13(16)9-12)14-10-17-8-7-11(14)2/h4-10,15,18H,3H2,1-2H3. The Morgan fingerprint density at radius 2 is 2.17 bits per heavy atom. The molecule has 3 heteroatoms. The smallest absolute Gasteiger partial charge is 0.0594 e. The molecule has 0 saturated heterocycles. The van der Waals surface area contributed by atoms with E-state index in [9.17, 15) is 0 Å². The lowest BCUT2D eigenvalue weighted by Crippen LogP contribution is -2.23. The van der Waals surface area contributed by atoms with Crippen LogP contribution in [0.15, 0.2) is 42.7 Å². The van der Waals surface area contributed by atoms with E-state index in [-0.39, 0.29) is 6.04 Å². The Morgan fingerprint density at radius 3 is 2.83 bits per heavy atom. The Hall–Kier alpha value is -0.940. The first-order chi connectivity index (χ1) is 8.72. The van der Waals surface area contributed by atoms with Crippen LogP contribution in [0, 0.1) is 10.5 Å². The third-order valence-electron chi connectivity index (χ3n) is 2.98. The lowest BCUT2D eigenvalue weighted by molar-refractivity contribution is 0.625. The molecule has 1 aromatic carbocycles. The van der Waals surface area contributed by atoms with Gasteiger partial charge in [-0.25, -0.2) is 0 Å². The molecule has 1 aromatic heterocycles. The number of hydrogen-bond donors (Lipinski definition) is 1. The number of halogens is 1. The van der Waals surface area contributed by atoms with Gasteiger partial charge in [0.25, 0.3) is 0 Å². The van der Waals surface area contributed by atoms with Crippen LogP contribution in [0.2, 0.25) is 0 Å². The first-order valence-corrected chi connectivity index (χ1v) is 7.19. The van der Waals surface area contributed by atoms with Gasteiger partial charge in [-0.3, -0.25) is 4.98 Å². The second-order valence-corrected chi connectivity index (χ2v) is 5.52. The lowest BCUT2D eigenvalue weighted by Gasteiger charge is -2.20. The van der Waals surface area contributed by atoms with Gasteiger partial charge in [0.2, 0.25) is 0 Å². The largest absolute Gasteiger partial charge is 0.306 e. The van der Waals surface area contributed by atoms with Crippen molar-refractivity contribution in [1.29, 1.82) is 0 Å². The lowest BCUT2D eigenvalue weighted by atomic mass is 9.97. The summed E-state index contributed by atoms with van der Waals surface area (Å²) in [6.07, 6.45) is 3.80. The van der Waals surface area contributed by atoms with E-state index in [0.29, 0.717) is 0 Å². The number of hydrogen-bond acceptors (Lipinski definition) is 2. The minimum absolute atomic E-state index is 0.221. The predicted molar refractivity (Wildman–Crippen MR) is 83.7 cm³/mol. The predicted octanol–water partition coefficient (Wildman–Crippen LogP) is 3.69. The molecule has 0 aliphatic carbocycles. The van der Waals surface area contributed by atoms with Crippen molar-refractivity contribution in [2.75, 3.05) is 6.54 Å². The van der Waals surface area contributed by atoms with Crippen LogP contribution in [0.3, 0.4) is 0 Å². The summed E-state index contributed by atoms with van der Waals surface area (Å²) in [5.74, 6) is 0. The maximum Gasteiger partial charge on any atom is 0.0594 e. The fourth-order valence-electron chi connectivity index (χ4n) is 2.08. The van der Waals surface area contributed by atoms with Gasteiger partial charge in [-0.15, -0.1) is 0 Å². The van der Waals surface area contributed by atoms with Gasteiger partial charge in [-0.05, 0) is 70.9 Å². The van der Waals surface area contributed by atoms with E-state index < -0.39 is 0 Å². The van der Waals surface area contributed by atoms with Gasteiger partial charge in [0.15, 0.2) is 0 Å². The highest BCUT2D eigenvalue weighted by Gasteiger charge is 2.15. The summed E-state index contributed by atoms with van der Waals surface area (Å²) in [5, 5.41) is 3.54. The van der Waals surface area contributed by atoms with Gasteiger partial charge in [-0.1, -0.05) is 19.1 Å². The van der Waals surface area contributed by atoms with E-state index in [1.54, 1.807) is 0 Å². The van der Waals surface area contributed by atoms with Crippen molar-refractivity contribution in [3.8, 4) is 0 Å². The molecule has 0 spiro atoms. The van der Waals surface area contributed by atoms with Crippen LogP contribution in [0.1, 0.15) is 29.7 Å². The Bertz CT molecular complexity index is 525. The first-order valence-electron chi connectivity index (χ1n) is 6.11. The van der Waals surface area contributed by atoms with Gasteiger partial charge in [0.05, 0.1) is 6.04 Å². The summed E-state index contributed by atoms with van der Waals surface area (Å²) in [6.45, 7) is 5.20. The second kappa shape index (κ2) is 6.29. The Labute approximate surface area is 122 Å². The molecule has 94 valence electrons. The maximum atomic E-state index is 4.25. The minimum Gasteiger partial charge on any atom is -0.306 e. The van der Waals surface area contributed by atoms with Gasteiger partial charge >= 0.3 is 0 Å². The molecule has 0 aliphatic rings. The highest BCUT2D eigenvalue weighted by atomic mass is 127. The molecule has 2 aromatic rings. The molecule has 1 N–H and O–H groups in total. The second-order valence-electron chi connectivity index (χ2n) is 4.28. The van der Waals surface area contributed by atoms with Crippen molar-refractivity contribution < 1.29 is 0 Å². The van der Waals surface area contributed by atoms with Crippen LogP contribution < -0.4 is 5.32 Å². The van der Waals surface area contributed by atoms with E-state index in [1.165, 1.54) is 20.3 Å². The zero-order valence-electron chi connectivity index (χ0n) is 10.7. The molecular formula is C15H17IN2. The Balaban J connectivity index is 2.43. The van der Waals surface area contributed by atoms with Crippen LogP contribution in [0.4, 0.5) is 0 Å². The summed E-state index contributed by atoms with van der Waals surface area (Å²) in [7, 11) is 0. The van der Waals surface area contributed by atoms with E-state index in [1.807, 2.05) is 12.4 Å². The fourth-order valence-corrected chi connectivity index (χ4v) is 2.64. The van der Waals surface area contributed by atoms with Crippen molar-refractivity contribution in [3.05, 3.63) is 63.0 Å². The monoisotopic (exact) mass is 352 g/mol. The number of nitrogens with zero attached hydrogens (tertiary/aromatic N) is 1. The summed E-state index contributed by atoms with van der Waals surface area (Å²) < 4.78 is 1.26. The summed E-state index contributed by atoms with van der Waals surface area (Å²) in [5.41, 5.74) is 3.82. The average Bonchev–Trinajstić information content (AvgIpc) is 2.37. The highest BCUT2D eigenvalue weighted by molar-refractivity contribution is 14.1. The molecule has 0 bridgehead atoms. The molecule has 2 rings (SSSR count). The molecule has 1 heterocycles. The molecule has 0 aliphatic heterocycles. The third kappa shape index (κ3) is 3.09. The molecule has 2 nitrogen and oxygen atoms in total. The normalized spacial score (nSPS) is 12.4. The quantitative estimate of drug-likeness (QED) is 0.849. The number of nitrogens with one attached hydrogen (secondary N) is 1. The average molecular weight is 352 g/mol. The molecular weight excluding hydrogens is 335 g/mol. The van der Waals surface area contributed by atoms with Crippen molar-refractivity contribution in [2.24, 2.45) is 0 Å². The van der Waals surface area contributed by atoms with Crippen molar-refractivity contribution in [2.45, 2.75) is 19.9 Å².